The summed E-state index contributed by atoms with van der Waals surface area (Å²) in [6.07, 6.45) is 1.75. The van der Waals surface area contributed by atoms with Gasteiger partial charge in [0.25, 0.3) is 0 Å². The standard InChI is InChI=1S/C3H7OPS/c1-2-3-6-5-4/h2H,1,3,5H2. The highest BCUT2D eigenvalue weighted by molar-refractivity contribution is 8.45. The third-order valence-electron chi connectivity index (χ3n) is 0.282. The Morgan fingerprint density at radius 3 is 2.83 bits per heavy atom. The van der Waals surface area contributed by atoms with Crippen molar-refractivity contribution >= 4 is 19.0 Å². The molecule has 0 N–H and O–H groups in total. The zero-order valence-corrected chi connectivity index (χ0v) is 5.36. The molecule has 0 fully saturated rings. The van der Waals surface area contributed by atoms with Crippen LogP contribution in [0.2, 0.25) is 0 Å². The van der Waals surface area contributed by atoms with Gasteiger partial charge < -0.3 is 4.57 Å². The second kappa shape index (κ2) is 5.32. The van der Waals surface area contributed by atoms with Gasteiger partial charge in [-0.15, -0.1) is 6.58 Å². The molecule has 0 saturated heterocycles. The maximum atomic E-state index is 9.69. The van der Waals surface area contributed by atoms with Crippen LogP contribution < -0.4 is 0 Å². The highest BCUT2D eigenvalue weighted by Gasteiger charge is 1.68. The maximum Gasteiger partial charge on any atom is 0.116 e. The molecule has 0 aromatic carbocycles. The van der Waals surface area contributed by atoms with Gasteiger partial charge in [0.05, 0.1) is 0 Å². The summed E-state index contributed by atoms with van der Waals surface area (Å²) in [7, 11) is -0.621. The Labute approximate surface area is 42.8 Å². The van der Waals surface area contributed by atoms with E-state index in [1.54, 1.807) is 6.08 Å². The average Bonchev–Trinajstić information content (AvgIpc) is 1.61. The first-order valence-corrected chi connectivity index (χ1v) is 4.51. The van der Waals surface area contributed by atoms with E-state index in [2.05, 4.69) is 6.58 Å². The summed E-state index contributed by atoms with van der Waals surface area (Å²) in [4.78, 5) is 0. The van der Waals surface area contributed by atoms with Crippen molar-refractivity contribution in [3.8, 4) is 0 Å². The highest BCUT2D eigenvalue weighted by atomic mass is 32.7. The molecule has 0 aliphatic heterocycles. The first-order chi connectivity index (χ1) is 2.91. The van der Waals surface area contributed by atoms with Crippen LogP contribution in [-0.4, -0.2) is 5.75 Å². The molecule has 1 unspecified atom stereocenters. The van der Waals surface area contributed by atoms with Gasteiger partial charge in [0.1, 0.15) is 7.66 Å². The van der Waals surface area contributed by atoms with Gasteiger partial charge in [0, 0.05) is 5.75 Å². The molecule has 0 bridgehead atoms. The van der Waals surface area contributed by atoms with Crippen molar-refractivity contribution in [3.63, 3.8) is 0 Å². The van der Waals surface area contributed by atoms with Crippen LogP contribution in [0.25, 0.3) is 0 Å². The number of rotatable bonds is 3. The summed E-state index contributed by atoms with van der Waals surface area (Å²) in [5, 5.41) is 0. The molecule has 3 heteroatoms. The summed E-state index contributed by atoms with van der Waals surface area (Å²) in [5.41, 5.74) is 0. The summed E-state index contributed by atoms with van der Waals surface area (Å²) in [5.74, 6) is 0.818. The van der Waals surface area contributed by atoms with Crippen LogP contribution >= 0.6 is 19.0 Å². The van der Waals surface area contributed by atoms with Crippen molar-refractivity contribution in [1.82, 2.24) is 0 Å². The highest BCUT2D eigenvalue weighted by Crippen LogP contribution is 2.15. The molecule has 0 heterocycles. The van der Waals surface area contributed by atoms with Crippen LogP contribution in [0.4, 0.5) is 0 Å². The van der Waals surface area contributed by atoms with Crippen LogP contribution in [0, 0.1) is 0 Å². The smallest absolute Gasteiger partial charge is 0.116 e. The number of hydrogen-bond acceptors (Lipinski definition) is 2. The lowest BCUT2D eigenvalue weighted by Gasteiger charge is -1.74. The van der Waals surface area contributed by atoms with Crippen molar-refractivity contribution in [3.05, 3.63) is 12.7 Å². The Balaban J connectivity index is 2.66. The SMILES string of the molecule is C=CCS[PH2]=O. The zero-order chi connectivity index (χ0) is 4.83. The van der Waals surface area contributed by atoms with E-state index in [0.29, 0.717) is 0 Å². The molecule has 1 nitrogen and oxygen atoms in total. The molecule has 36 valence electrons. The maximum absolute atomic E-state index is 9.69. The Hall–Kier alpha value is 0.320. The fourth-order valence-corrected chi connectivity index (χ4v) is 0.966. The van der Waals surface area contributed by atoms with Gasteiger partial charge in [-0.1, -0.05) is 17.5 Å². The molecule has 1 atom stereocenters. The minimum absolute atomic E-state index is 0.621. The third-order valence-corrected chi connectivity index (χ3v) is 1.83. The molecule has 0 aromatic heterocycles. The predicted octanol–water partition coefficient (Wildman–Crippen LogP) is 1.58. The zero-order valence-electron chi connectivity index (χ0n) is 3.39. The van der Waals surface area contributed by atoms with E-state index in [-0.39, 0.29) is 0 Å². The molecule has 0 aromatic rings. The van der Waals surface area contributed by atoms with E-state index in [4.69, 9.17) is 0 Å². The molecular formula is C3H7OPS. The van der Waals surface area contributed by atoms with Crippen molar-refractivity contribution in [2.75, 3.05) is 5.75 Å². The first kappa shape index (κ1) is 6.32. The Bertz CT molecular complexity index is 46.8. The molecule has 0 saturated carbocycles. The van der Waals surface area contributed by atoms with Gasteiger partial charge in [-0.05, 0) is 0 Å². The van der Waals surface area contributed by atoms with E-state index in [1.165, 1.54) is 11.4 Å². The first-order valence-electron chi connectivity index (χ1n) is 1.58. The lowest BCUT2D eigenvalue weighted by Crippen LogP contribution is -1.52. The van der Waals surface area contributed by atoms with Crippen LogP contribution in [0.5, 0.6) is 0 Å². The quantitative estimate of drug-likeness (QED) is 0.321. The van der Waals surface area contributed by atoms with Crippen molar-refractivity contribution in [1.29, 1.82) is 0 Å². The fraction of sp³-hybridized carbons (Fsp3) is 0.333. The summed E-state index contributed by atoms with van der Waals surface area (Å²) in [6, 6.07) is 0. The second-order valence-corrected chi connectivity index (χ2v) is 3.15. The van der Waals surface area contributed by atoms with Crippen LogP contribution in [-0.2, 0) is 4.57 Å². The van der Waals surface area contributed by atoms with Crippen LogP contribution in [0.15, 0.2) is 12.7 Å². The van der Waals surface area contributed by atoms with E-state index in [1.807, 2.05) is 0 Å². The molecule has 0 rings (SSSR count). The minimum Gasteiger partial charge on any atom is -0.319 e. The Morgan fingerprint density at radius 2 is 2.67 bits per heavy atom. The normalized spacial score (nSPS) is 10.0. The lowest BCUT2D eigenvalue weighted by molar-refractivity contribution is 0.605. The van der Waals surface area contributed by atoms with Gasteiger partial charge in [-0.25, -0.2) is 0 Å². The number of hydrogen-bond donors (Lipinski definition) is 0. The van der Waals surface area contributed by atoms with Crippen molar-refractivity contribution in [2.45, 2.75) is 0 Å². The molecule has 0 aliphatic carbocycles. The van der Waals surface area contributed by atoms with Crippen LogP contribution in [0.3, 0.4) is 0 Å². The second-order valence-electron chi connectivity index (χ2n) is 0.718. The van der Waals surface area contributed by atoms with Gasteiger partial charge in [-0.2, -0.15) is 0 Å². The molecule has 0 spiro atoms. The monoisotopic (exact) mass is 122 g/mol. The fourth-order valence-electron chi connectivity index (χ4n) is 0.107. The minimum atomic E-state index is -0.621. The van der Waals surface area contributed by atoms with Gasteiger partial charge in [0.15, 0.2) is 0 Å². The van der Waals surface area contributed by atoms with Gasteiger partial charge >= 0.3 is 0 Å². The Morgan fingerprint density at radius 1 is 2.00 bits per heavy atom. The van der Waals surface area contributed by atoms with Crippen LogP contribution in [0.1, 0.15) is 0 Å². The Kier molecular flexibility index (Phi) is 5.60. The van der Waals surface area contributed by atoms with E-state index in [0.717, 1.165) is 5.75 Å². The molecule has 0 amide bonds. The van der Waals surface area contributed by atoms with Gasteiger partial charge in [-0.3, -0.25) is 0 Å². The van der Waals surface area contributed by atoms with E-state index >= 15 is 0 Å². The third kappa shape index (κ3) is 4.32. The summed E-state index contributed by atoms with van der Waals surface area (Å²) >= 11 is 1.42. The largest absolute Gasteiger partial charge is 0.319 e. The molecule has 0 aliphatic rings. The molecule has 6 heavy (non-hydrogen) atoms. The predicted molar refractivity (Wildman–Crippen MR) is 33.1 cm³/mol. The van der Waals surface area contributed by atoms with Crippen molar-refractivity contribution in [2.24, 2.45) is 0 Å². The van der Waals surface area contributed by atoms with Crippen molar-refractivity contribution < 1.29 is 4.57 Å². The lowest BCUT2D eigenvalue weighted by atomic mass is 10.8. The van der Waals surface area contributed by atoms with E-state index in [9.17, 15) is 4.57 Å². The molecular weight excluding hydrogens is 115 g/mol. The van der Waals surface area contributed by atoms with Gasteiger partial charge in [0.2, 0.25) is 0 Å². The summed E-state index contributed by atoms with van der Waals surface area (Å²) in [6.45, 7) is 3.45. The molecule has 0 radical (unpaired) electrons. The average molecular weight is 122 g/mol. The topological polar surface area (TPSA) is 17.1 Å². The van der Waals surface area contributed by atoms with E-state index < -0.39 is 7.66 Å². The summed E-state index contributed by atoms with van der Waals surface area (Å²) < 4.78 is 9.69.